The van der Waals surface area contributed by atoms with Gasteiger partial charge in [-0.1, -0.05) is 32.9 Å². The summed E-state index contributed by atoms with van der Waals surface area (Å²) < 4.78 is 46.6. The van der Waals surface area contributed by atoms with Crippen LogP contribution in [0.15, 0.2) is 46.3 Å². The monoisotopic (exact) mass is 489 g/mol. The fraction of sp³-hybridized carbons (Fsp3) is 0.440. The Balaban J connectivity index is 1.38. The van der Waals surface area contributed by atoms with Crippen LogP contribution in [0.4, 0.5) is 13.6 Å². The molecule has 1 saturated heterocycles. The molecule has 1 heterocycles. The number of carbonyl (C=O) groups is 1. The first-order valence-electron chi connectivity index (χ1n) is 11.2. The highest BCUT2D eigenvalue weighted by Crippen LogP contribution is 2.63. The number of urea groups is 1. The lowest BCUT2D eigenvalue weighted by Crippen LogP contribution is -2.34. The predicted octanol–water partition coefficient (Wildman–Crippen LogP) is 4.45. The number of benzene rings is 2. The van der Waals surface area contributed by atoms with Crippen molar-refractivity contribution in [3.8, 4) is 16.9 Å². The zero-order valence-electron chi connectivity index (χ0n) is 19.7. The van der Waals surface area contributed by atoms with Crippen molar-refractivity contribution < 1.29 is 22.5 Å². The fourth-order valence-electron chi connectivity index (χ4n) is 4.69. The summed E-state index contributed by atoms with van der Waals surface area (Å²) in [5, 5.41) is 0. The van der Waals surface area contributed by atoms with Crippen LogP contribution in [-0.4, -0.2) is 46.9 Å². The van der Waals surface area contributed by atoms with Crippen LogP contribution in [0, 0.1) is 34.8 Å². The van der Waals surface area contributed by atoms with E-state index in [4.69, 9.17) is 10.5 Å². The summed E-state index contributed by atoms with van der Waals surface area (Å²) >= 11 is 0. The van der Waals surface area contributed by atoms with Gasteiger partial charge in [-0.3, -0.25) is 4.21 Å². The Bertz CT molecular complexity index is 1150. The second-order valence-electron chi connectivity index (χ2n) is 9.63. The van der Waals surface area contributed by atoms with Crippen molar-refractivity contribution in [2.75, 3.05) is 26.0 Å². The van der Waals surface area contributed by atoms with E-state index in [1.807, 2.05) is 13.8 Å². The highest BCUT2D eigenvalue weighted by molar-refractivity contribution is 7.84. The number of likely N-dealkylation sites (tertiary alicyclic amines) is 1. The molecule has 2 aromatic carbocycles. The van der Waals surface area contributed by atoms with E-state index >= 15 is 0 Å². The Kier molecular flexibility index (Phi) is 6.50. The summed E-state index contributed by atoms with van der Waals surface area (Å²) in [6.07, 6.45) is 1.57. The molecule has 2 amide bonds. The van der Waals surface area contributed by atoms with Crippen LogP contribution in [0.25, 0.3) is 11.1 Å². The summed E-state index contributed by atoms with van der Waals surface area (Å²) in [5.74, 6) is -1.35. The predicted molar refractivity (Wildman–Crippen MR) is 128 cm³/mol. The van der Waals surface area contributed by atoms with Gasteiger partial charge in [-0.25, -0.2) is 13.6 Å². The van der Waals surface area contributed by atoms with Crippen LogP contribution in [-0.2, 0) is 10.8 Å². The molecule has 0 radical (unpaired) electrons. The van der Waals surface area contributed by atoms with E-state index in [0.717, 1.165) is 0 Å². The number of fused-ring (bicyclic) bond motifs is 1. The molecule has 0 aromatic heterocycles. The van der Waals surface area contributed by atoms with Crippen LogP contribution in [0.5, 0.6) is 5.75 Å². The summed E-state index contributed by atoms with van der Waals surface area (Å²) in [6.45, 7) is 7.02. The van der Waals surface area contributed by atoms with Crippen molar-refractivity contribution in [2.45, 2.75) is 25.7 Å². The first kappa shape index (κ1) is 24.3. The Labute approximate surface area is 200 Å². The Morgan fingerprint density at radius 3 is 2.35 bits per heavy atom. The molecule has 2 fully saturated rings. The second-order valence-corrected chi connectivity index (χ2v) is 11.0. The number of nitrogens with two attached hydrogens (primary N) is 1. The molecule has 6 nitrogen and oxygen atoms in total. The molecule has 182 valence electrons. The second kappa shape index (κ2) is 9.09. The van der Waals surface area contributed by atoms with Crippen LogP contribution in [0.1, 0.15) is 20.8 Å². The molecule has 34 heavy (non-hydrogen) atoms. The maximum absolute atomic E-state index is 14.7. The molecule has 0 spiro atoms. The number of rotatable bonds is 6. The first-order chi connectivity index (χ1) is 16.0. The lowest BCUT2D eigenvalue weighted by molar-refractivity contribution is 0.192. The third-order valence-corrected chi connectivity index (χ3v) is 7.97. The third kappa shape index (κ3) is 4.58. The molecular formula is C25H29F2N3O3S. The zero-order valence-corrected chi connectivity index (χ0v) is 20.5. The van der Waals surface area contributed by atoms with E-state index in [9.17, 15) is 17.8 Å². The molecule has 1 saturated carbocycles. The zero-order chi connectivity index (χ0) is 24.8. The number of amidine groups is 1. The summed E-state index contributed by atoms with van der Waals surface area (Å²) in [6, 6.07) is 8.86. The van der Waals surface area contributed by atoms with E-state index in [0.29, 0.717) is 34.9 Å². The quantitative estimate of drug-likeness (QED) is 0.480. The molecule has 1 aliphatic heterocycles. The van der Waals surface area contributed by atoms with Gasteiger partial charge < -0.3 is 15.4 Å². The number of piperidine rings is 1. The number of nitrogens with zero attached hydrogens (tertiary/aromatic N) is 2. The van der Waals surface area contributed by atoms with Gasteiger partial charge in [-0.2, -0.15) is 4.99 Å². The normalized spacial score (nSPS) is 24.8. The van der Waals surface area contributed by atoms with E-state index in [1.54, 1.807) is 35.4 Å². The van der Waals surface area contributed by atoms with E-state index in [2.05, 4.69) is 11.9 Å². The van der Waals surface area contributed by atoms with Gasteiger partial charge >= 0.3 is 6.03 Å². The minimum atomic E-state index is -1.12. The maximum atomic E-state index is 14.7. The average molecular weight is 490 g/mol. The highest BCUT2D eigenvalue weighted by atomic mass is 32.2. The van der Waals surface area contributed by atoms with Gasteiger partial charge in [0, 0.05) is 46.9 Å². The Morgan fingerprint density at radius 1 is 1.24 bits per heavy atom. The number of hydrogen-bond donors (Lipinski definition) is 1. The first-order valence-corrected chi connectivity index (χ1v) is 12.8. The van der Waals surface area contributed by atoms with Crippen molar-refractivity contribution in [3.63, 3.8) is 0 Å². The van der Waals surface area contributed by atoms with Crippen LogP contribution >= 0.6 is 0 Å². The molecule has 2 aliphatic rings. The summed E-state index contributed by atoms with van der Waals surface area (Å²) in [4.78, 5) is 18.6. The molecule has 9 heteroatoms. The average Bonchev–Trinajstić information content (AvgIpc) is 3.14. The Morgan fingerprint density at radius 2 is 1.85 bits per heavy atom. The minimum Gasteiger partial charge on any atom is -0.487 e. The Hall–Kier alpha value is -2.81. The molecule has 4 unspecified atom stereocenters. The van der Waals surface area contributed by atoms with Gasteiger partial charge in [0.25, 0.3) is 0 Å². The van der Waals surface area contributed by atoms with Crippen molar-refractivity contribution in [3.05, 3.63) is 48.0 Å². The van der Waals surface area contributed by atoms with Crippen LogP contribution < -0.4 is 10.5 Å². The number of aliphatic imine (C=N–C) groups is 1. The molecule has 1 aliphatic carbocycles. The fourth-order valence-corrected chi connectivity index (χ4v) is 5.21. The molecule has 4 rings (SSSR count). The number of amides is 2. The number of hydrogen-bond acceptors (Lipinski definition) is 3. The molecule has 4 atom stereocenters. The number of carbonyl (C=O) groups excluding carboxylic acids is 1. The lowest BCUT2D eigenvalue weighted by atomic mass is 10.1. The van der Waals surface area contributed by atoms with Gasteiger partial charge in [0.2, 0.25) is 0 Å². The topological polar surface area (TPSA) is 85.0 Å². The molecule has 2 N–H and O–H groups in total. The highest BCUT2D eigenvalue weighted by Gasteiger charge is 2.66. The molecule has 0 bridgehead atoms. The van der Waals surface area contributed by atoms with Crippen molar-refractivity contribution >= 4 is 22.7 Å². The van der Waals surface area contributed by atoms with E-state index in [1.165, 1.54) is 12.1 Å². The third-order valence-electron chi connectivity index (χ3n) is 7.03. The van der Waals surface area contributed by atoms with Gasteiger partial charge in [-0.05, 0) is 46.7 Å². The largest absolute Gasteiger partial charge is 0.487 e. The standard InChI is InChI=1S/C25H29F2N3O3S/c1-14(2)23(28)29-24(31)30-11-18-19(25(18,3)13-30)12-33-22-20(26)9-16(10-21(22)27)15-5-7-17(8-6-15)34(4)32/h5-10,14,18-19H,11-13H2,1-4H3,(H2,28,29,31). The number of ether oxygens (including phenoxy) is 1. The van der Waals surface area contributed by atoms with Crippen LogP contribution in [0.2, 0.25) is 0 Å². The van der Waals surface area contributed by atoms with Gasteiger partial charge in [0.15, 0.2) is 17.4 Å². The lowest BCUT2D eigenvalue weighted by Gasteiger charge is -2.21. The van der Waals surface area contributed by atoms with Crippen molar-refractivity contribution in [2.24, 2.45) is 33.9 Å². The summed E-state index contributed by atoms with van der Waals surface area (Å²) in [5.41, 5.74) is 6.63. The van der Waals surface area contributed by atoms with Crippen molar-refractivity contribution in [1.29, 1.82) is 0 Å². The van der Waals surface area contributed by atoms with Crippen molar-refractivity contribution in [1.82, 2.24) is 4.90 Å². The molecule has 2 aromatic rings. The van der Waals surface area contributed by atoms with Gasteiger partial charge in [0.1, 0.15) is 5.84 Å². The number of halogens is 2. The van der Waals surface area contributed by atoms with E-state index in [-0.39, 0.29) is 35.8 Å². The minimum absolute atomic E-state index is 0.00441. The maximum Gasteiger partial charge on any atom is 0.345 e. The molecular weight excluding hydrogens is 460 g/mol. The van der Waals surface area contributed by atoms with Gasteiger partial charge in [0.05, 0.1) is 6.61 Å². The SMILES string of the molecule is CC(C)C(N)=NC(=O)N1CC2C(COc3c(F)cc(-c4ccc(S(C)=O)cc4)cc3F)C2(C)C1. The van der Waals surface area contributed by atoms with Gasteiger partial charge in [-0.15, -0.1) is 0 Å². The van der Waals surface area contributed by atoms with E-state index < -0.39 is 28.2 Å². The smallest absolute Gasteiger partial charge is 0.345 e. The van der Waals surface area contributed by atoms with Crippen LogP contribution in [0.3, 0.4) is 0 Å². The summed E-state index contributed by atoms with van der Waals surface area (Å²) in [7, 11) is -1.12.